The lowest BCUT2D eigenvalue weighted by Gasteiger charge is -2.27. The topological polar surface area (TPSA) is 108 Å². The van der Waals surface area contributed by atoms with Gasteiger partial charge in [0.2, 0.25) is 15.9 Å². The lowest BCUT2D eigenvalue weighted by molar-refractivity contribution is -0.123. The second-order valence-corrected chi connectivity index (χ2v) is 9.61. The van der Waals surface area contributed by atoms with Crippen molar-refractivity contribution in [3.63, 3.8) is 0 Å². The standard InChI is InChI=1S/C19H25N3O3S/c1-11-15-16(19(5,17(20)23)10-18(15,3)4)12(2)22(11)13-6-8-14(9-7-13)26(21,24)25/h6-9H,10H2,1-5H3,(H2,20,23)(H2,21,24,25). The number of amides is 1. The average Bonchev–Trinajstić information content (AvgIpc) is 2.90. The number of primary amides is 1. The van der Waals surface area contributed by atoms with Crippen LogP contribution in [0.25, 0.3) is 5.69 Å². The smallest absolute Gasteiger partial charge is 0.238 e. The average molecular weight is 375 g/mol. The van der Waals surface area contributed by atoms with E-state index in [0.29, 0.717) is 6.42 Å². The Balaban J connectivity index is 2.26. The second-order valence-electron chi connectivity index (χ2n) is 8.05. The molecule has 0 fully saturated rings. The Morgan fingerprint density at radius 2 is 1.54 bits per heavy atom. The minimum atomic E-state index is -3.74. The van der Waals surface area contributed by atoms with Crippen LogP contribution in [0.15, 0.2) is 29.2 Å². The van der Waals surface area contributed by atoms with Crippen LogP contribution in [0.4, 0.5) is 0 Å². The van der Waals surface area contributed by atoms with Gasteiger partial charge in [0.25, 0.3) is 0 Å². The van der Waals surface area contributed by atoms with Crippen molar-refractivity contribution in [1.29, 1.82) is 0 Å². The molecule has 0 saturated carbocycles. The van der Waals surface area contributed by atoms with E-state index in [1.807, 2.05) is 20.8 Å². The van der Waals surface area contributed by atoms with Gasteiger partial charge in [-0.15, -0.1) is 0 Å². The van der Waals surface area contributed by atoms with Gasteiger partial charge in [0, 0.05) is 17.1 Å². The van der Waals surface area contributed by atoms with Crippen molar-refractivity contribution < 1.29 is 13.2 Å². The number of carbonyl (C=O) groups excluding carboxylic acids is 1. The third-order valence-electron chi connectivity index (χ3n) is 5.64. The summed E-state index contributed by atoms with van der Waals surface area (Å²) in [6.45, 7) is 10.2. The second kappa shape index (κ2) is 5.44. The number of carbonyl (C=O) groups is 1. The zero-order valence-electron chi connectivity index (χ0n) is 15.8. The first-order valence-corrected chi connectivity index (χ1v) is 10.0. The van der Waals surface area contributed by atoms with Crippen LogP contribution in [0.5, 0.6) is 0 Å². The maximum absolute atomic E-state index is 12.3. The molecule has 1 amide bonds. The highest BCUT2D eigenvalue weighted by Crippen LogP contribution is 2.53. The normalized spacial score (nSPS) is 21.6. The maximum Gasteiger partial charge on any atom is 0.238 e. The van der Waals surface area contributed by atoms with Gasteiger partial charge in [-0.1, -0.05) is 13.8 Å². The number of fused-ring (bicyclic) bond motifs is 1. The Morgan fingerprint density at radius 3 is 2.00 bits per heavy atom. The molecule has 1 aliphatic carbocycles. The minimum Gasteiger partial charge on any atom is -0.369 e. The first-order chi connectivity index (χ1) is 11.8. The van der Waals surface area contributed by atoms with E-state index in [2.05, 4.69) is 18.4 Å². The number of sulfonamides is 1. The van der Waals surface area contributed by atoms with Gasteiger partial charge in [-0.3, -0.25) is 4.79 Å². The zero-order valence-corrected chi connectivity index (χ0v) is 16.6. The van der Waals surface area contributed by atoms with Crippen LogP contribution in [-0.2, 0) is 25.6 Å². The minimum absolute atomic E-state index is 0.0681. The lowest BCUT2D eigenvalue weighted by Crippen LogP contribution is -2.38. The Hall–Kier alpha value is -2.12. The monoisotopic (exact) mass is 375 g/mol. The van der Waals surface area contributed by atoms with Crippen LogP contribution < -0.4 is 10.9 Å². The summed E-state index contributed by atoms with van der Waals surface area (Å²) in [6.07, 6.45) is 0.673. The van der Waals surface area contributed by atoms with Gasteiger partial charge in [0.05, 0.1) is 10.3 Å². The number of aromatic nitrogens is 1. The molecule has 0 radical (unpaired) electrons. The summed E-state index contributed by atoms with van der Waals surface area (Å²) in [7, 11) is -3.74. The number of nitrogens with zero attached hydrogens (tertiary/aromatic N) is 1. The summed E-state index contributed by atoms with van der Waals surface area (Å²) in [6, 6.07) is 6.44. The van der Waals surface area contributed by atoms with Crippen LogP contribution in [0.2, 0.25) is 0 Å². The van der Waals surface area contributed by atoms with Crippen molar-refractivity contribution in [2.24, 2.45) is 10.9 Å². The molecular weight excluding hydrogens is 350 g/mol. The SMILES string of the molecule is Cc1c2c(c(C)n1-c1ccc(S(N)(=O)=O)cc1)C(C)(C(N)=O)CC2(C)C. The van der Waals surface area contributed by atoms with E-state index in [1.54, 1.807) is 12.1 Å². The number of hydrogen-bond acceptors (Lipinski definition) is 3. The van der Waals surface area contributed by atoms with Gasteiger partial charge in [0.15, 0.2) is 0 Å². The molecule has 3 rings (SSSR count). The Morgan fingerprint density at radius 1 is 1.04 bits per heavy atom. The predicted octanol–water partition coefficient (Wildman–Crippen LogP) is 2.17. The quantitative estimate of drug-likeness (QED) is 0.858. The fourth-order valence-electron chi connectivity index (χ4n) is 4.78. The fraction of sp³-hybridized carbons (Fsp3) is 0.421. The molecule has 140 valence electrons. The molecule has 4 N–H and O–H groups in total. The van der Waals surface area contributed by atoms with Gasteiger partial charge in [0.1, 0.15) is 0 Å². The number of primary sulfonamides is 1. The Kier molecular flexibility index (Phi) is 3.90. The van der Waals surface area contributed by atoms with Gasteiger partial charge in [-0.05, 0) is 68.0 Å². The molecule has 1 aromatic heterocycles. The summed E-state index contributed by atoms with van der Waals surface area (Å²) in [5.41, 5.74) is 9.82. The van der Waals surface area contributed by atoms with Crippen LogP contribution >= 0.6 is 0 Å². The molecule has 26 heavy (non-hydrogen) atoms. The van der Waals surface area contributed by atoms with Crippen molar-refractivity contribution in [2.75, 3.05) is 0 Å². The predicted molar refractivity (Wildman–Crippen MR) is 101 cm³/mol. The Bertz CT molecular complexity index is 1020. The number of rotatable bonds is 3. The third-order valence-corrected chi connectivity index (χ3v) is 6.56. The molecule has 7 heteroatoms. The molecule has 2 aromatic rings. The molecule has 1 heterocycles. The van der Waals surface area contributed by atoms with E-state index in [0.717, 1.165) is 28.2 Å². The molecule has 0 spiro atoms. The number of hydrogen-bond donors (Lipinski definition) is 2. The molecule has 6 nitrogen and oxygen atoms in total. The van der Waals surface area contributed by atoms with Gasteiger partial charge < -0.3 is 10.3 Å². The highest BCUT2D eigenvalue weighted by Gasteiger charge is 2.52. The number of nitrogens with two attached hydrogens (primary N) is 2. The summed E-state index contributed by atoms with van der Waals surface area (Å²) >= 11 is 0. The van der Waals surface area contributed by atoms with E-state index in [9.17, 15) is 13.2 Å². The lowest BCUT2D eigenvalue weighted by atomic mass is 9.79. The van der Waals surface area contributed by atoms with E-state index in [4.69, 9.17) is 10.9 Å². The zero-order chi connectivity index (χ0) is 19.7. The largest absolute Gasteiger partial charge is 0.369 e. The van der Waals surface area contributed by atoms with Crippen molar-refractivity contribution in [2.45, 2.75) is 56.8 Å². The Labute approximate surface area is 154 Å². The van der Waals surface area contributed by atoms with Gasteiger partial charge in [-0.2, -0.15) is 0 Å². The van der Waals surface area contributed by atoms with Crippen molar-refractivity contribution in [3.05, 3.63) is 46.8 Å². The van der Waals surface area contributed by atoms with Crippen LogP contribution in [0.1, 0.15) is 49.7 Å². The highest BCUT2D eigenvalue weighted by molar-refractivity contribution is 7.89. The van der Waals surface area contributed by atoms with E-state index >= 15 is 0 Å². The van der Waals surface area contributed by atoms with Crippen molar-refractivity contribution >= 4 is 15.9 Å². The van der Waals surface area contributed by atoms with Gasteiger partial charge in [-0.25, -0.2) is 13.6 Å². The van der Waals surface area contributed by atoms with Crippen LogP contribution in [0.3, 0.4) is 0 Å². The molecule has 0 aliphatic heterocycles. The van der Waals surface area contributed by atoms with E-state index < -0.39 is 15.4 Å². The molecule has 1 atom stereocenters. The number of benzene rings is 1. The fourth-order valence-corrected chi connectivity index (χ4v) is 5.30. The van der Waals surface area contributed by atoms with Crippen molar-refractivity contribution in [3.8, 4) is 5.69 Å². The molecule has 1 unspecified atom stereocenters. The van der Waals surface area contributed by atoms with Crippen molar-refractivity contribution in [1.82, 2.24) is 4.57 Å². The van der Waals surface area contributed by atoms with E-state index in [1.165, 1.54) is 12.1 Å². The van der Waals surface area contributed by atoms with Gasteiger partial charge >= 0.3 is 0 Å². The van der Waals surface area contributed by atoms with Crippen LogP contribution in [-0.4, -0.2) is 18.9 Å². The highest BCUT2D eigenvalue weighted by atomic mass is 32.2. The first kappa shape index (κ1) is 18.7. The summed E-state index contributed by atoms with van der Waals surface area (Å²) in [5.74, 6) is -0.325. The molecule has 0 saturated heterocycles. The van der Waals surface area contributed by atoms with Crippen LogP contribution in [0, 0.1) is 13.8 Å². The maximum atomic E-state index is 12.3. The molecular formula is C19H25N3O3S. The summed E-state index contributed by atoms with van der Waals surface area (Å²) in [5, 5.41) is 5.18. The molecule has 1 aromatic carbocycles. The summed E-state index contributed by atoms with van der Waals surface area (Å²) < 4.78 is 25.0. The summed E-state index contributed by atoms with van der Waals surface area (Å²) in [4.78, 5) is 12.3. The molecule has 0 bridgehead atoms. The third kappa shape index (κ3) is 2.49. The van der Waals surface area contributed by atoms with E-state index in [-0.39, 0.29) is 16.2 Å². The molecule has 1 aliphatic rings. The first-order valence-electron chi connectivity index (χ1n) is 8.47.